The summed E-state index contributed by atoms with van der Waals surface area (Å²) in [4.78, 5) is 12.3. The molecule has 0 radical (unpaired) electrons. The summed E-state index contributed by atoms with van der Waals surface area (Å²) in [5.41, 5.74) is 1.53. The largest absolute Gasteiger partial charge is 0.478 e. The van der Waals surface area contributed by atoms with Gasteiger partial charge in [0.05, 0.1) is 5.75 Å². The minimum atomic E-state index is -3.02. The molecule has 19 heavy (non-hydrogen) atoms. The van der Waals surface area contributed by atoms with E-state index in [1.54, 1.807) is 24.1 Å². The van der Waals surface area contributed by atoms with E-state index in [9.17, 15) is 13.2 Å². The van der Waals surface area contributed by atoms with Gasteiger partial charge in [-0.3, -0.25) is 0 Å². The standard InChI is InChI=1S/C13H17NO4S/c1-14(9-10-19(2,17)18)12-6-4-3-5-11(12)7-8-13(15)16/h3-8H,9-10H2,1-2H3,(H,15,16). The number of benzene rings is 1. The third kappa shape index (κ3) is 5.56. The topological polar surface area (TPSA) is 74.7 Å². The van der Waals surface area contributed by atoms with Crippen LogP contribution >= 0.6 is 0 Å². The molecule has 104 valence electrons. The smallest absolute Gasteiger partial charge is 0.328 e. The number of carbonyl (C=O) groups is 1. The van der Waals surface area contributed by atoms with Crippen molar-refractivity contribution in [2.24, 2.45) is 0 Å². The van der Waals surface area contributed by atoms with Gasteiger partial charge in [-0.15, -0.1) is 0 Å². The Balaban J connectivity index is 2.90. The van der Waals surface area contributed by atoms with Crippen molar-refractivity contribution in [3.63, 3.8) is 0 Å². The zero-order chi connectivity index (χ0) is 14.5. The predicted octanol–water partition coefficient (Wildman–Crippen LogP) is 1.27. The lowest BCUT2D eigenvalue weighted by Crippen LogP contribution is -2.25. The maximum absolute atomic E-state index is 11.1. The van der Waals surface area contributed by atoms with Crippen molar-refractivity contribution < 1.29 is 18.3 Å². The van der Waals surface area contributed by atoms with E-state index in [-0.39, 0.29) is 5.75 Å². The fourth-order valence-electron chi connectivity index (χ4n) is 1.56. The number of carboxylic acids is 1. The van der Waals surface area contributed by atoms with Crippen LogP contribution in [0.5, 0.6) is 0 Å². The summed E-state index contributed by atoms with van der Waals surface area (Å²) in [5, 5.41) is 8.63. The first-order valence-electron chi connectivity index (χ1n) is 5.68. The first-order chi connectivity index (χ1) is 8.79. The molecule has 0 unspecified atom stereocenters. The molecule has 6 heteroatoms. The molecule has 1 N–H and O–H groups in total. The quantitative estimate of drug-likeness (QED) is 0.796. The number of nitrogens with zero attached hydrogens (tertiary/aromatic N) is 1. The Morgan fingerprint density at radius 1 is 1.37 bits per heavy atom. The van der Waals surface area contributed by atoms with Gasteiger partial charge in [-0.25, -0.2) is 13.2 Å². The maximum atomic E-state index is 11.1. The summed E-state index contributed by atoms with van der Waals surface area (Å²) in [5.74, 6) is -0.964. The molecule has 0 aliphatic rings. The van der Waals surface area contributed by atoms with Crippen LogP contribution in [0.1, 0.15) is 5.56 Å². The number of hydrogen-bond acceptors (Lipinski definition) is 4. The van der Waals surface area contributed by atoms with Crippen LogP contribution in [0.2, 0.25) is 0 Å². The molecule has 0 saturated heterocycles. The molecular formula is C13H17NO4S. The van der Waals surface area contributed by atoms with Crippen molar-refractivity contribution in [1.29, 1.82) is 0 Å². The highest BCUT2D eigenvalue weighted by atomic mass is 32.2. The van der Waals surface area contributed by atoms with Crippen molar-refractivity contribution in [3.05, 3.63) is 35.9 Å². The minimum absolute atomic E-state index is 0.0560. The van der Waals surface area contributed by atoms with Crippen LogP contribution in [0, 0.1) is 0 Å². The van der Waals surface area contributed by atoms with Crippen LogP contribution in [0.15, 0.2) is 30.3 Å². The predicted molar refractivity (Wildman–Crippen MR) is 76.1 cm³/mol. The van der Waals surface area contributed by atoms with Gasteiger partial charge >= 0.3 is 5.97 Å². The summed E-state index contributed by atoms with van der Waals surface area (Å²) in [6.45, 7) is 0.358. The Morgan fingerprint density at radius 3 is 2.58 bits per heavy atom. The van der Waals surface area contributed by atoms with Gasteiger partial charge in [0, 0.05) is 31.6 Å². The molecule has 0 heterocycles. The Bertz CT molecular complexity index is 578. The van der Waals surface area contributed by atoms with Gasteiger partial charge in [0.25, 0.3) is 0 Å². The number of aliphatic carboxylic acids is 1. The average molecular weight is 283 g/mol. The SMILES string of the molecule is CN(CCS(C)(=O)=O)c1ccccc1C=CC(=O)O. The van der Waals surface area contributed by atoms with Crippen LogP contribution in [-0.2, 0) is 14.6 Å². The highest BCUT2D eigenvalue weighted by Gasteiger charge is 2.08. The summed E-state index contributed by atoms with van der Waals surface area (Å²) in [7, 11) is -1.24. The lowest BCUT2D eigenvalue weighted by molar-refractivity contribution is -0.131. The molecule has 0 aromatic heterocycles. The molecule has 0 amide bonds. The van der Waals surface area contributed by atoms with Gasteiger partial charge in [-0.1, -0.05) is 18.2 Å². The van der Waals surface area contributed by atoms with Crippen molar-refractivity contribution in [3.8, 4) is 0 Å². The van der Waals surface area contributed by atoms with Gasteiger partial charge in [-0.2, -0.15) is 0 Å². The zero-order valence-electron chi connectivity index (χ0n) is 10.9. The lowest BCUT2D eigenvalue weighted by atomic mass is 10.1. The molecule has 5 nitrogen and oxygen atoms in total. The molecule has 1 rings (SSSR count). The van der Waals surface area contributed by atoms with E-state index < -0.39 is 15.8 Å². The number of anilines is 1. The van der Waals surface area contributed by atoms with Gasteiger partial charge < -0.3 is 10.0 Å². The fraction of sp³-hybridized carbons (Fsp3) is 0.308. The first-order valence-corrected chi connectivity index (χ1v) is 7.74. The number of carboxylic acid groups (broad SMARTS) is 1. The van der Waals surface area contributed by atoms with Crippen LogP contribution in [0.3, 0.4) is 0 Å². The molecule has 1 aromatic rings. The summed E-state index contributed by atoms with van der Waals surface area (Å²) in [6, 6.07) is 7.23. The van der Waals surface area contributed by atoms with Crippen LogP contribution in [0.4, 0.5) is 5.69 Å². The molecule has 0 saturated carbocycles. The number of rotatable bonds is 6. The van der Waals surface area contributed by atoms with Crippen molar-refractivity contribution in [1.82, 2.24) is 0 Å². The first kappa shape index (κ1) is 15.2. The number of para-hydroxylation sites is 1. The zero-order valence-corrected chi connectivity index (χ0v) is 11.7. The van der Waals surface area contributed by atoms with E-state index in [0.29, 0.717) is 6.54 Å². The van der Waals surface area contributed by atoms with Crippen LogP contribution in [-0.4, -0.2) is 45.1 Å². The second-order valence-electron chi connectivity index (χ2n) is 4.28. The molecular weight excluding hydrogens is 266 g/mol. The normalized spacial score (nSPS) is 11.7. The fourth-order valence-corrected chi connectivity index (χ4v) is 2.17. The van der Waals surface area contributed by atoms with Gasteiger partial charge in [-0.05, 0) is 17.7 Å². The Kier molecular flexibility index (Phi) is 5.11. The molecule has 1 aromatic carbocycles. The summed E-state index contributed by atoms with van der Waals surface area (Å²) >= 11 is 0. The van der Waals surface area contributed by atoms with E-state index in [1.165, 1.54) is 12.3 Å². The molecule has 0 atom stereocenters. The van der Waals surface area contributed by atoms with E-state index in [2.05, 4.69) is 0 Å². The summed E-state index contributed by atoms with van der Waals surface area (Å²) in [6.07, 6.45) is 3.74. The van der Waals surface area contributed by atoms with E-state index >= 15 is 0 Å². The summed E-state index contributed by atoms with van der Waals surface area (Å²) < 4.78 is 22.3. The minimum Gasteiger partial charge on any atom is -0.478 e. The molecule has 0 aliphatic carbocycles. The average Bonchev–Trinajstić information content (AvgIpc) is 2.33. The van der Waals surface area contributed by atoms with Gasteiger partial charge in [0.2, 0.25) is 0 Å². The van der Waals surface area contributed by atoms with Gasteiger partial charge in [0.15, 0.2) is 0 Å². The lowest BCUT2D eigenvalue weighted by Gasteiger charge is -2.20. The third-order valence-corrected chi connectivity index (χ3v) is 3.48. The highest BCUT2D eigenvalue weighted by Crippen LogP contribution is 2.20. The molecule has 0 bridgehead atoms. The van der Waals surface area contributed by atoms with Gasteiger partial charge in [0.1, 0.15) is 9.84 Å². The third-order valence-electron chi connectivity index (χ3n) is 2.55. The Labute approximate surface area is 113 Å². The molecule has 0 aliphatic heterocycles. The second-order valence-corrected chi connectivity index (χ2v) is 6.54. The number of hydrogen-bond donors (Lipinski definition) is 1. The second kappa shape index (κ2) is 6.38. The molecule has 0 fully saturated rings. The highest BCUT2D eigenvalue weighted by molar-refractivity contribution is 7.90. The maximum Gasteiger partial charge on any atom is 0.328 e. The monoisotopic (exact) mass is 283 g/mol. The van der Waals surface area contributed by atoms with Crippen molar-refractivity contribution >= 4 is 27.6 Å². The molecule has 0 spiro atoms. The van der Waals surface area contributed by atoms with E-state index in [0.717, 1.165) is 17.3 Å². The van der Waals surface area contributed by atoms with E-state index in [4.69, 9.17) is 5.11 Å². The Morgan fingerprint density at radius 2 is 2.00 bits per heavy atom. The number of sulfone groups is 1. The van der Waals surface area contributed by atoms with Crippen molar-refractivity contribution in [2.75, 3.05) is 30.5 Å². The van der Waals surface area contributed by atoms with Crippen LogP contribution < -0.4 is 4.90 Å². The van der Waals surface area contributed by atoms with Crippen LogP contribution in [0.25, 0.3) is 6.08 Å². The van der Waals surface area contributed by atoms with Crippen molar-refractivity contribution in [2.45, 2.75) is 0 Å². The van der Waals surface area contributed by atoms with E-state index in [1.807, 2.05) is 12.1 Å². The Hall–Kier alpha value is -1.82.